The zero-order chi connectivity index (χ0) is 17.0. The van der Waals surface area contributed by atoms with Crippen LogP contribution in [-0.4, -0.2) is 34.7 Å². The van der Waals surface area contributed by atoms with E-state index in [4.69, 9.17) is 4.74 Å². The first kappa shape index (κ1) is 17.2. The van der Waals surface area contributed by atoms with Gasteiger partial charge in [0.05, 0.1) is 18.1 Å². The minimum absolute atomic E-state index is 0.0884. The molecule has 5 nitrogen and oxygen atoms in total. The molecule has 1 aromatic carbocycles. The van der Waals surface area contributed by atoms with Gasteiger partial charge in [0.1, 0.15) is 6.61 Å². The topological polar surface area (TPSA) is 66.8 Å². The van der Waals surface area contributed by atoms with Crippen LogP contribution in [0, 0.1) is 11.8 Å². The summed E-state index contributed by atoms with van der Waals surface area (Å²) in [6.45, 7) is 5.85. The van der Waals surface area contributed by atoms with Crippen LogP contribution in [0.5, 0.6) is 0 Å². The van der Waals surface area contributed by atoms with E-state index in [1.807, 2.05) is 19.9 Å². The number of aliphatic hydroxyl groups excluding tert-OH is 1. The SMILES string of the molecule is C/C=C\[C@H](C(=O)N1C(=O)OC[C@@H]1C(C)C)[C@H](O)c1ccccc1. The van der Waals surface area contributed by atoms with Crippen LogP contribution in [0.25, 0.3) is 0 Å². The summed E-state index contributed by atoms with van der Waals surface area (Å²) in [4.78, 5) is 26.0. The van der Waals surface area contributed by atoms with E-state index in [1.54, 1.807) is 43.3 Å². The summed E-state index contributed by atoms with van der Waals surface area (Å²) in [5.41, 5.74) is 0.637. The van der Waals surface area contributed by atoms with E-state index in [0.717, 1.165) is 4.90 Å². The number of benzene rings is 1. The van der Waals surface area contributed by atoms with Crippen molar-refractivity contribution in [1.29, 1.82) is 0 Å². The Hall–Kier alpha value is -2.14. The van der Waals surface area contributed by atoms with Crippen LogP contribution in [0.3, 0.4) is 0 Å². The van der Waals surface area contributed by atoms with E-state index in [9.17, 15) is 14.7 Å². The van der Waals surface area contributed by atoms with Gasteiger partial charge in [0.25, 0.3) is 0 Å². The minimum Gasteiger partial charge on any atom is -0.447 e. The quantitative estimate of drug-likeness (QED) is 0.848. The highest BCUT2D eigenvalue weighted by Gasteiger charge is 2.43. The summed E-state index contributed by atoms with van der Waals surface area (Å²) in [7, 11) is 0. The highest BCUT2D eigenvalue weighted by Crippen LogP contribution is 2.29. The van der Waals surface area contributed by atoms with Gasteiger partial charge in [-0.3, -0.25) is 4.79 Å². The van der Waals surface area contributed by atoms with Crippen molar-refractivity contribution >= 4 is 12.0 Å². The number of carbonyl (C=O) groups excluding carboxylic acids is 2. The second-order valence-corrected chi connectivity index (χ2v) is 6.00. The molecule has 1 aliphatic rings. The molecule has 1 N–H and O–H groups in total. The average molecular weight is 317 g/mol. The second kappa shape index (κ2) is 7.42. The van der Waals surface area contributed by atoms with Gasteiger partial charge in [-0.05, 0) is 18.4 Å². The van der Waals surface area contributed by atoms with Gasteiger partial charge < -0.3 is 9.84 Å². The average Bonchev–Trinajstić information content (AvgIpc) is 2.94. The lowest BCUT2D eigenvalue weighted by molar-refractivity contribution is -0.135. The van der Waals surface area contributed by atoms with E-state index in [-0.39, 0.29) is 18.6 Å². The highest BCUT2D eigenvalue weighted by molar-refractivity contribution is 5.96. The molecule has 0 bridgehead atoms. The molecule has 5 heteroatoms. The third-order valence-corrected chi connectivity index (χ3v) is 4.08. The Morgan fingerprint density at radius 1 is 1.35 bits per heavy atom. The zero-order valence-corrected chi connectivity index (χ0v) is 13.7. The van der Waals surface area contributed by atoms with Crippen molar-refractivity contribution in [3.8, 4) is 0 Å². The number of amides is 2. The van der Waals surface area contributed by atoms with Crippen molar-refractivity contribution in [1.82, 2.24) is 4.90 Å². The molecule has 3 atom stereocenters. The third-order valence-electron chi connectivity index (χ3n) is 4.08. The molecule has 124 valence electrons. The predicted octanol–water partition coefficient (Wildman–Crippen LogP) is 2.92. The number of rotatable bonds is 5. The van der Waals surface area contributed by atoms with Gasteiger partial charge in [-0.25, -0.2) is 9.69 Å². The van der Waals surface area contributed by atoms with Crippen LogP contribution in [-0.2, 0) is 9.53 Å². The van der Waals surface area contributed by atoms with Crippen molar-refractivity contribution in [2.45, 2.75) is 32.9 Å². The van der Waals surface area contributed by atoms with Gasteiger partial charge in [-0.15, -0.1) is 0 Å². The number of imide groups is 1. The minimum atomic E-state index is -1.01. The molecular formula is C18H23NO4. The number of aliphatic hydroxyl groups is 1. The van der Waals surface area contributed by atoms with Crippen molar-refractivity contribution in [3.63, 3.8) is 0 Å². The molecule has 2 rings (SSSR count). The van der Waals surface area contributed by atoms with Crippen molar-refractivity contribution < 1.29 is 19.4 Å². The van der Waals surface area contributed by atoms with E-state index in [0.29, 0.717) is 5.56 Å². The van der Waals surface area contributed by atoms with Gasteiger partial charge in [0, 0.05) is 0 Å². The van der Waals surface area contributed by atoms with E-state index >= 15 is 0 Å². The maximum absolute atomic E-state index is 12.9. The number of hydrogen-bond donors (Lipinski definition) is 1. The summed E-state index contributed by atoms with van der Waals surface area (Å²) in [5, 5.41) is 10.6. The van der Waals surface area contributed by atoms with Crippen molar-refractivity contribution in [2.75, 3.05) is 6.61 Å². The number of hydrogen-bond acceptors (Lipinski definition) is 4. The molecule has 23 heavy (non-hydrogen) atoms. The van der Waals surface area contributed by atoms with Crippen molar-refractivity contribution in [3.05, 3.63) is 48.0 Å². The molecule has 1 aliphatic heterocycles. The fraction of sp³-hybridized carbons (Fsp3) is 0.444. The molecule has 0 unspecified atom stereocenters. The number of ether oxygens (including phenoxy) is 1. The van der Waals surface area contributed by atoms with Crippen LogP contribution in [0.2, 0.25) is 0 Å². The molecule has 1 heterocycles. The van der Waals surface area contributed by atoms with Crippen LogP contribution in [0.1, 0.15) is 32.4 Å². The van der Waals surface area contributed by atoms with Gasteiger partial charge in [-0.2, -0.15) is 0 Å². The lowest BCUT2D eigenvalue weighted by atomic mass is 9.92. The van der Waals surface area contributed by atoms with Gasteiger partial charge >= 0.3 is 6.09 Å². The number of cyclic esters (lactones) is 1. The summed E-state index contributed by atoms with van der Waals surface area (Å²) in [6.07, 6.45) is 1.69. The lowest BCUT2D eigenvalue weighted by Crippen LogP contribution is -2.45. The molecule has 0 aromatic heterocycles. The molecule has 1 aromatic rings. The molecule has 0 aliphatic carbocycles. The van der Waals surface area contributed by atoms with Crippen LogP contribution in [0.15, 0.2) is 42.5 Å². The fourth-order valence-electron chi connectivity index (χ4n) is 2.73. The molecular weight excluding hydrogens is 294 g/mol. The van der Waals surface area contributed by atoms with Gasteiger partial charge in [0.15, 0.2) is 0 Å². The first-order chi connectivity index (χ1) is 11.0. The number of carbonyl (C=O) groups is 2. The van der Waals surface area contributed by atoms with Crippen LogP contribution in [0.4, 0.5) is 4.79 Å². The van der Waals surface area contributed by atoms with Crippen molar-refractivity contribution in [2.24, 2.45) is 11.8 Å². The molecule has 0 saturated carbocycles. The Morgan fingerprint density at radius 3 is 2.57 bits per heavy atom. The number of nitrogens with zero attached hydrogens (tertiary/aromatic N) is 1. The van der Waals surface area contributed by atoms with Gasteiger partial charge in [0.2, 0.25) is 5.91 Å². The third kappa shape index (κ3) is 3.62. The number of allylic oxidation sites excluding steroid dienone is 1. The monoisotopic (exact) mass is 317 g/mol. The summed E-state index contributed by atoms with van der Waals surface area (Å²) >= 11 is 0. The maximum atomic E-state index is 12.9. The largest absolute Gasteiger partial charge is 0.447 e. The fourth-order valence-corrected chi connectivity index (χ4v) is 2.73. The van der Waals surface area contributed by atoms with E-state index in [1.165, 1.54) is 0 Å². The van der Waals surface area contributed by atoms with Gasteiger partial charge in [-0.1, -0.05) is 56.3 Å². The normalized spacial score (nSPS) is 20.8. The summed E-state index contributed by atoms with van der Waals surface area (Å²) < 4.78 is 5.03. The Bertz CT molecular complexity index is 582. The smallest absolute Gasteiger partial charge is 0.417 e. The maximum Gasteiger partial charge on any atom is 0.417 e. The molecule has 2 amide bonds. The molecule has 0 spiro atoms. The first-order valence-electron chi connectivity index (χ1n) is 7.83. The summed E-state index contributed by atoms with van der Waals surface area (Å²) in [6, 6.07) is 8.67. The highest BCUT2D eigenvalue weighted by atomic mass is 16.6. The zero-order valence-electron chi connectivity index (χ0n) is 13.7. The van der Waals surface area contributed by atoms with Crippen LogP contribution < -0.4 is 0 Å². The van der Waals surface area contributed by atoms with E-state index < -0.39 is 24.0 Å². The Labute approximate surface area is 136 Å². The standard InChI is InChI=1S/C18H23NO4/c1-4-8-14(16(20)13-9-6-5-7-10-13)17(21)19-15(12(2)3)11-23-18(19)22/h4-10,12,14-16,20H,11H2,1-3H3/b8-4-/t14-,15+,16+/m0/s1. The Kier molecular flexibility index (Phi) is 5.55. The molecule has 1 saturated heterocycles. The Balaban J connectivity index is 2.30. The second-order valence-electron chi connectivity index (χ2n) is 6.00. The first-order valence-corrected chi connectivity index (χ1v) is 7.83. The van der Waals surface area contributed by atoms with E-state index in [2.05, 4.69) is 0 Å². The predicted molar refractivity (Wildman–Crippen MR) is 86.5 cm³/mol. The lowest BCUT2D eigenvalue weighted by Gasteiger charge is -2.28. The molecule has 0 radical (unpaired) electrons. The molecule has 1 fully saturated rings. The Morgan fingerprint density at radius 2 is 2.00 bits per heavy atom. The van der Waals surface area contributed by atoms with Crippen LogP contribution >= 0.6 is 0 Å². The summed E-state index contributed by atoms with van der Waals surface area (Å²) in [5.74, 6) is -1.17.